The molecule has 0 aliphatic carbocycles. The zero-order chi connectivity index (χ0) is 23.2. The van der Waals surface area contributed by atoms with Crippen LogP contribution in [-0.4, -0.2) is 75.9 Å². The summed E-state index contributed by atoms with van der Waals surface area (Å²) in [5.41, 5.74) is 2.34. The predicted molar refractivity (Wildman–Crippen MR) is 108 cm³/mol. The first-order valence-corrected chi connectivity index (χ1v) is 10.2. The Morgan fingerprint density at radius 3 is 2.58 bits per heavy atom. The molecule has 172 valence electrons. The van der Waals surface area contributed by atoms with E-state index in [1.165, 1.54) is 5.69 Å². The largest absolute Gasteiger partial charge is 0.490 e. The fraction of sp³-hybridized carbons (Fsp3) is 0.526. The molecule has 1 aliphatic heterocycles. The van der Waals surface area contributed by atoms with Gasteiger partial charge in [0.15, 0.2) is 0 Å². The molecule has 0 spiro atoms. The van der Waals surface area contributed by atoms with Crippen LogP contribution >= 0.6 is 11.3 Å². The van der Waals surface area contributed by atoms with E-state index in [1.807, 2.05) is 6.92 Å². The molecular weight excluding hydrogens is 437 g/mol. The monoisotopic (exact) mass is 462 g/mol. The average molecular weight is 462 g/mol. The predicted octanol–water partition coefficient (Wildman–Crippen LogP) is 2.38. The first-order chi connectivity index (χ1) is 14.5. The molecule has 1 amide bonds. The average Bonchev–Trinajstić information content (AvgIpc) is 3.23. The number of carbonyl (C=O) groups is 2. The Morgan fingerprint density at radius 1 is 1.35 bits per heavy atom. The number of carboxylic acid groups (broad SMARTS) is 1. The van der Waals surface area contributed by atoms with Crippen LogP contribution < -0.4 is 0 Å². The molecule has 0 radical (unpaired) electrons. The Balaban J connectivity index is 0.000000423. The van der Waals surface area contributed by atoms with Gasteiger partial charge in [-0.25, -0.2) is 9.78 Å². The van der Waals surface area contributed by atoms with Gasteiger partial charge < -0.3 is 19.3 Å². The molecule has 31 heavy (non-hydrogen) atoms. The summed E-state index contributed by atoms with van der Waals surface area (Å²) in [6.45, 7) is 5.39. The highest BCUT2D eigenvalue weighted by atomic mass is 32.1. The van der Waals surface area contributed by atoms with Crippen molar-refractivity contribution in [1.82, 2.24) is 19.4 Å². The number of aliphatic carboxylic acids is 1. The molecule has 0 saturated carbocycles. The van der Waals surface area contributed by atoms with Gasteiger partial charge in [0, 0.05) is 56.7 Å². The lowest BCUT2D eigenvalue weighted by Crippen LogP contribution is -2.36. The van der Waals surface area contributed by atoms with Crippen LogP contribution in [0.25, 0.3) is 0 Å². The SMILES string of the molecule is Cc1csc(CN2Cc3cccn3CC(OCC(=O)N(C)C)C2)n1.O=C(O)C(F)(F)F. The van der Waals surface area contributed by atoms with Crippen molar-refractivity contribution in [2.75, 3.05) is 27.2 Å². The van der Waals surface area contributed by atoms with E-state index in [-0.39, 0.29) is 18.6 Å². The molecule has 1 N–H and O–H groups in total. The lowest BCUT2D eigenvalue weighted by molar-refractivity contribution is -0.192. The summed E-state index contributed by atoms with van der Waals surface area (Å²) in [7, 11) is 3.50. The second kappa shape index (κ2) is 10.7. The second-order valence-electron chi connectivity index (χ2n) is 7.23. The lowest BCUT2D eigenvalue weighted by atomic mass is 10.3. The molecule has 0 aromatic carbocycles. The van der Waals surface area contributed by atoms with Gasteiger partial charge in [0.1, 0.15) is 11.6 Å². The lowest BCUT2D eigenvalue weighted by Gasteiger charge is -2.23. The molecule has 8 nitrogen and oxygen atoms in total. The smallest absolute Gasteiger partial charge is 0.475 e. The number of carboxylic acids is 1. The number of hydrogen-bond donors (Lipinski definition) is 1. The summed E-state index contributed by atoms with van der Waals surface area (Å²) in [4.78, 5) is 29.2. The molecule has 12 heteroatoms. The van der Waals surface area contributed by atoms with Crippen molar-refractivity contribution < 1.29 is 32.6 Å². The van der Waals surface area contributed by atoms with Crippen molar-refractivity contribution in [3.8, 4) is 0 Å². The van der Waals surface area contributed by atoms with Crippen LogP contribution in [0.5, 0.6) is 0 Å². The van der Waals surface area contributed by atoms with E-state index in [1.54, 1.807) is 30.3 Å². The van der Waals surface area contributed by atoms with Crippen LogP contribution in [0.2, 0.25) is 0 Å². The molecule has 1 unspecified atom stereocenters. The fourth-order valence-electron chi connectivity index (χ4n) is 2.84. The second-order valence-corrected chi connectivity index (χ2v) is 8.17. The van der Waals surface area contributed by atoms with Crippen molar-refractivity contribution in [3.05, 3.63) is 40.1 Å². The summed E-state index contributed by atoms with van der Waals surface area (Å²) in [5, 5.41) is 10.3. The number of fused-ring (bicyclic) bond motifs is 1. The van der Waals surface area contributed by atoms with Crippen molar-refractivity contribution in [1.29, 1.82) is 0 Å². The number of amides is 1. The molecule has 0 fully saturated rings. The minimum absolute atomic E-state index is 0.00549. The maximum absolute atomic E-state index is 11.8. The molecule has 1 aliphatic rings. The van der Waals surface area contributed by atoms with Gasteiger partial charge in [0.2, 0.25) is 5.91 Å². The van der Waals surface area contributed by atoms with Gasteiger partial charge in [0.25, 0.3) is 0 Å². The molecule has 1 atom stereocenters. The Kier molecular flexibility index (Phi) is 8.60. The Labute approximate surface area is 181 Å². The Hall–Kier alpha value is -2.44. The van der Waals surface area contributed by atoms with Crippen LogP contribution in [0, 0.1) is 6.92 Å². The first-order valence-electron chi connectivity index (χ1n) is 9.35. The molecule has 3 rings (SSSR count). The highest BCUT2D eigenvalue weighted by Gasteiger charge is 2.38. The number of rotatable bonds is 5. The van der Waals surface area contributed by atoms with Crippen LogP contribution in [0.4, 0.5) is 13.2 Å². The zero-order valence-corrected chi connectivity index (χ0v) is 18.2. The van der Waals surface area contributed by atoms with Crippen molar-refractivity contribution in [2.45, 2.75) is 38.8 Å². The number of likely N-dealkylation sites (N-methyl/N-ethyl adjacent to an activating group) is 1. The number of halogens is 3. The summed E-state index contributed by atoms with van der Waals surface area (Å²) in [5.74, 6) is -2.76. The first kappa shape index (κ1) is 24.8. The van der Waals surface area contributed by atoms with Crippen molar-refractivity contribution >= 4 is 23.2 Å². The number of aryl methyl sites for hydroxylation is 1. The highest BCUT2D eigenvalue weighted by Crippen LogP contribution is 2.19. The van der Waals surface area contributed by atoms with Crippen LogP contribution in [-0.2, 0) is 34.0 Å². The standard InChI is InChI=1S/C17H24N4O2S.C2HF3O2/c1-13-12-24-16(18-13)10-20-7-14-5-4-6-21(14)9-15(8-20)23-11-17(22)19(2)3;3-2(4,5)1(6)7/h4-6,12,15H,7-11H2,1-3H3;(H,6,7). The summed E-state index contributed by atoms with van der Waals surface area (Å²) in [6.07, 6.45) is -3.01. The molecule has 3 heterocycles. The van der Waals surface area contributed by atoms with Gasteiger partial charge in [0.05, 0.1) is 12.6 Å². The minimum Gasteiger partial charge on any atom is -0.475 e. The molecule has 0 bridgehead atoms. The number of ether oxygens (including phenoxy) is 1. The van der Waals surface area contributed by atoms with E-state index < -0.39 is 12.1 Å². The van der Waals surface area contributed by atoms with E-state index in [0.29, 0.717) is 0 Å². The third-order valence-corrected chi connectivity index (χ3v) is 5.33. The van der Waals surface area contributed by atoms with E-state index in [2.05, 4.69) is 38.2 Å². The van der Waals surface area contributed by atoms with Gasteiger partial charge in [-0.2, -0.15) is 13.2 Å². The van der Waals surface area contributed by atoms with Gasteiger partial charge in [-0.05, 0) is 19.1 Å². The van der Waals surface area contributed by atoms with Crippen LogP contribution in [0.3, 0.4) is 0 Å². The maximum Gasteiger partial charge on any atom is 0.490 e. The van der Waals surface area contributed by atoms with Crippen molar-refractivity contribution in [3.63, 3.8) is 0 Å². The molecule has 2 aromatic heterocycles. The van der Waals surface area contributed by atoms with Gasteiger partial charge in [-0.1, -0.05) is 0 Å². The number of alkyl halides is 3. The number of aromatic nitrogens is 2. The maximum atomic E-state index is 11.8. The topological polar surface area (TPSA) is 87.9 Å². The van der Waals surface area contributed by atoms with Gasteiger partial charge in [-0.15, -0.1) is 11.3 Å². The fourth-order valence-corrected chi connectivity index (χ4v) is 3.65. The molecular formula is C19H25F3N4O4S. The van der Waals surface area contributed by atoms with Crippen molar-refractivity contribution in [2.24, 2.45) is 0 Å². The van der Waals surface area contributed by atoms with E-state index in [4.69, 9.17) is 14.6 Å². The quantitative estimate of drug-likeness (QED) is 0.734. The van der Waals surface area contributed by atoms with E-state index in [9.17, 15) is 18.0 Å². The summed E-state index contributed by atoms with van der Waals surface area (Å²) in [6, 6.07) is 4.21. The van der Waals surface area contributed by atoms with Crippen LogP contribution in [0.1, 0.15) is 16.4 Å². The summed E-state index contributed by atoms with van der Waals surface area (Å²) < 4.78 is 39.9. The normalized spacial score (nSPS) is 16.6. The van der Waals surface area contributed by atoms with Gasteiger partial charge in [-0.3, -0.25) is 9.69 Å². The third kappa shape index (κ3) is 7.96. The molecule has 2 aromatic rings. The zero-order valence-electron chi connectivity index (χ0n) is 17.4. The third-order valence-electron chi connectivity index (χ3n) is 4.38. The number of thiazole rings is 1. The Bertz CT molecular complexity index is 882. The molecule has 0 saturated heterocycles. The highest BCUT2D eigenvalue weighted by molar-refractivity contribution is 7.09. The minimum atomic E-state index is -5.08. The summed E-state index contributed by atoms with van der Waals surface area (Å²) >= 11 is 1.70. The van der Waals surface area contributed by atoms with Crippen LogP contribution in [0.15, 0.2) is 23.7 Å². The Morgan fingerprint density at radius 2 is 2.03 bits per heavy atom. The van der Waals surface area contributed by atoms with E-state index in [0.717, 1.165) is 36.9 Å². The van der Waals surface area contributed by atoms with E-state index >= 15 is 0 Å². The number of hydrogen-bond acceptors (Lipinski definition) is 6. The van der Waals surface area contributed by atoms with Gasteiger partial charge >= 0.3 is 12.1 Å². The number of carbonyl (C=O) groups excluding carboxylic acids is 1. The number of nitrogens with zero attached hydrogens (tertiary/aromatic N) is 4.